The third kappa shape index (κ3) is 3.07. The molecule has 0 aliphatic carbocycles. The molecule has 0 spiro atoms. The van der Waals surface area contributed by atoms with Crippen LogP contribution in [0.25, 0.3) is 0 Å². The molecule has 1 unspecified atom stereocenters. The number of rotatable bonds is 5. The molecule has 1 fully saturated rings. The van der Waals surface area contributed by atoms with E-state index in [2.05, 4.69) is 40.1 Å². The van der Waals surface area contributed by atoms with Gasteiger partial charge in [0.1, 0.15) is 11.6 Å². The Morgan fingerprint density at radius 1 is 1.50 bits per heavy atom. The number of aromatic nitrogens is 2. The van der Waals surface area contributed by atoms with Crippen LogP contribution in [0, 0.1) is 0 Å². The van der Waals surface area contributed by atoms with Crippen LogP contribution in [0.5, 0.6) is 0 Å². The van der Waals surface area contributed by atoms with Crippen molar-refractivity contribution in [1.29, 1.82) is 0 Å². The average Bonchev–Trinajstić information content (AvgIpc) is 2.82. The Labute approximate surface area is 114 Å². The Balaban J connectivity index is 2.22. The van der Waals surface area contributed by atoms with Crippen molar-refractivity contribution in [3.63, 3.8) is 0 Å². The third-order valence-electron chi connectivity index (χ3n) is 3.28. The van der Waals surface area contributed by atoms with E-state index in [1.54, 1.807) is 11.8 Å². The molecule has 0 radical (unpaired) electrons. The van der Waals surface area contributed by atoms with Gasteiger partial charge >= 0.3 is 0 Å². The molecule has 1 aliphatic rings. The van der Waals surface area contributed by atoms with Crippen LogP contribution in [-0.4, -0.2) is 35.4 Å². The first-order chi connectivity index (χ1) is 8.74. The molecule has 4 nitrogen and oxygen atoms in total. The molecule has 1 aliphatic heterocycles. The molecule has 100 valence electrons. The summed E-state index contributed by atoms with van der Waals surface area (Å²) in [6, 6.07) is 2.67. The second-order valence-corrected chi connectivity index (χ2v) is 5.48. The highest BCUT2D eigenvalue weighted by atomic mass is 32.2. The topological polar surface area (TPSA) is 41.0 Å². The lowest BCUT2D eigenvalue weighted by Gasteiger charge is -2.23. The standard InChI is InChI=1S/C13H22N4S/c1-4-7-14-11-9-12(16-13(15-11)18-3)17-8-5-6-10(17)2/h9-10H,4-8H2,1-3H3,(H,14,15,16). The number of nitrogens with zero attached hydrogens (tertiary/aromatic N) is 3. The van der Waals surface area contributed by atoms with E-state index >= 15 is 0 Å². The Morgan fingerprint density at radius 2 is 2.33 bits per heavy atom. The third-order valence-corrected chi connectivity index (χ3v) is 3.83. The van der Waals surface area contributed by atoms with Gasteiger partial charge in [-0.05, 0) is 32.4 Å². The van der Waals surface area contributed by atoms with Gasteiger partial charge in [-0.2, -0.15) is 0 Å². The fraction of sp³-hybridized carbons (Fsp3) is 0.692. The van der Waals surface area contributed by atoms with Crippen LogP contribution >= 0.6 is 11.8 Å². The van der Waals surface area contributed by atoms with Crippen LogP contribution in [0.3, 0.4) is 0 Å². The summed E-state index contributed by atoms with van der Waals surface area (Å²) in [5.41, 5.74) is 0. The highest BCUT2D eigenvalue weighted by molar-refractivity contribution is 7.98. The largest absolute Gasteiger partial charge is 0.370 e. The van der Waals surface area contributed by atoms with E-state index in [1.165, 1.54) is 12.8 Å². The summed E-state index contributed by atoms with van der Waals surface area (Å²) in [5, 5.41) is 4.21. The molecule has 5 heteroatoms. The van der Waals surface area contributed by atoms with E-state index in [9.17, 15) is 0 Å². The van der Waals surface area contributed by atoms with E-state index in [0.29, 0.717) is 6.04 Å². The van der Waals surface area contributed by atoms with E-state index in [-0.39, 0.29) is 0 Å². The molecular weight excluding hydrogens is 244 g/mol. The molecule has 0 saturated carbocycles. The predicted octanol–water partition coefficient (Wildman–Crippen LogP) is 3.01. The second kappa shape index (κ2) is 6.27. The van der Waals surface area contributed by atoms with Gasteiger partial charge in [0.15, 0.2) is 5.16 Å². The minimum absolute atomic E-state index is 0.591. The summed E-state index contributed by atoms with van der Waals surface area (Å²) in [4.78, 5) is 11.5. The molecule has 0 aromatic carbocycles. The molecule has 0 amide bonds. The summed E-state index contributed by atoms with van der Waals surface area (Å²) in [7, 11) is 0. The minimum atomic E-state index is 0.591. The lowest BCUT2D eigenvalue weighted by atomic mass is 10.2. The van der Waals surface area contributed by atoms with Crippen molar-refractivity contribution in [2.45, 2.75) is 44.3 Å². The fourth-order valence-electron chi connectivity index (χ4n) is 2.27. The first-order valence-corrected chi connectivity index (χ1v) is 7.90. The summed E-state index contributed by atoms with van der Waals surface area (Å²) in [6.45, 7) is 6.50. The average molecular weight is 266 g/mol. The highest BCUT2D eigenvalue weighted by Gasteiger charge is 2.22. The normalized spacial score (nSPS) is 19.3. The molecule has 1 aromatic rings. The van der Waals surface area contributed by atoms with Crippen molar-refractivity contribution >= 4 is 23.4 Å². The van der Waals surface area contributed by atoms with Crippen LogP contribution in [0.4, 0.5) is 11.6 Å². The molecule has 1 saturated heterocycles. The molecule has 1 atom stereocenters. The fourth-order valence-corrected chi connectivity index (χ4v) is 2.64. The molecule has 1 aromatic heterocycles. The maximum Gasteiger partial charge on any atom is 0.191 e. The van der Waals surface area contributed by atoms with E-state index in [0.717, 1.165) is 36.3 Å². The minimum Gasteiger partial charge on any atom is -0.370 e. The SMILES string of the molecule is CCCNc1cc(N2CCCC2C)nc(SC)n1. The van der Waals surface area contributed by atoms with E-state index < -0.39 is 0 Å². The maximum atomic E-state index is 4.63. The van der Waals surface area contributed by atoms with Crippen molar-refractivity contribution in [3.05, 3.63) is 6.07 Å². The summed E-state index contributed by atoms with van der Waals surface area (Å²) < 4.78 is 0. The summed E-state index contributed by atoms with van der Waals surface area (Å²) >= 11 is 1.60. The van der Waals surface area contributed by atoms with Gasteiger partial charge in [-0.1, -0.05) is 18.7 Å². The van der Waals surface area contributed by atoms with E-state index in [1.807, 2.05) is 6.26 Å². The quantitative estimate of drug-likeness (QED) is 0.655. The number of nitrogens with one attached hydrogen (secondary N) is 1. The van der Waals surface area contributed by atoms with Crippen molar-refractivity contribution < 1.29 is 0 Å². The molecule has 18 heavy (non-hydrogen) atoms. The molecule has 2 heterocycles. The van der Waals surface area contributed by atoms with Gasteiger partial charge in [-0.3, -0.25) is 0 Å². The zero-order chi connectivity index (χ0) is 13.0. The van der Waals surface area contributed by atoms with Crippen LogP contribution in [0.15, 0.2) is 11.2 Å². The van der Waals surface area contributed by atoms with Gasteiger partial charge in [0.2, 0.25) is 0 Å². The maximum absolute atomic E-state index is 4.63. The number of hydrogen-bond donors (Lipinski definition) is 1. The highest BCUT2D eigenvalue weighted by Crippen LogP contribution is 2.26. The van der Waals surface area contributed by atoms with E-state index in [4.69, 9.17) is 0 Å². The number of hydrogen-bond acceptors (Lipinski definition) is 5. The van der Waals surface area contributed by atoms with Crippen LogP contribution in [-0.2, 0) is 0 Å². The molecule has 1 N–H and O–H groups in total. The van der Waals surface area contributed by atoms with Crippen LogP contribution in [0.2, 0.25) is 0 Å². The van der Waals surface area contributed by atoms with Gasteiger partial charge in [-0.25, -0.2) is 9.97 Å². The van der Waals surface area contributed by atoms with Crippen molar-refractivity contribution in [3.8, 4) is 0 Å². The number of anilines is 2. The molecule has 2 rings (SSSR count). The smallest absolute Gasteiger partial charge is 0.191 e. The number of thioether (sulfide) groups is 1. The van der Waals surface area contributed by atoms with Crippen molar-refractivity contribution in [2.24, 2.45) is 0 Å². The van der Waals surface area contributed by atoms with Crippen LogP contribution < -0.4 is 10.2 Å². The second-order valence-electron chi connectivity index (χ2n) is 4.71. The Kier molecular flexibility index (Phi) is 4.69. The van der Waals surface area contributed by atoms with Gasteiger partial charge in [0.25, 0.3) is 0 Å². The van der Waals surface area contributed by atoms with Crippen LogP contribution in [0.1, 0.15) is 33.1 Å². The zero-order valence-electron chi connectivity index (χ0n) is 11.4. The van der Waals surface area contributed by atoms with Gasteiger partial charge < -0.3 is 10.2 Å². The van der Waals surface area contributed by atoms with Crippen molar-refractivity contribution in [2.75, 3.05) is 29.6 Å². The summed E-state index contributed by atoms with van der Waals surface area (Å²) in [5.74, 6) is 2.02. The lowest BCUT2D eigenvalue weighted by Crippen LogP contribution is -2.27. The van der Waals surface area contributed by atoms with Gasteiger partial charge in [-0.15, -0.1) is 0 Å². The summed E-state index contributed by atoms with van der Waals surface area (Å²) in [6.07, 6.45) is 5.65. The Hall–Kier alpha value is -0.970. The first kappa shape index (κ1) is 13.5. The Morgan fingerprint density at radius 3 is 2.94 bits per heavy atom. The zero-order valence-corrected chi connectivity index (χ0v) is 12.3. The Bertz CT molecular complexity index is 397. The van der Waals surface area contributed by atoms with Gasteiger partial charge in [0, 0.05) is 25.2 Å². The molecule has 0 bridgehead atoms. The first-order valence-electron chi connectivity index (χ1n) is 6.68. The van der Waals surface area contributed by atoms with Crippen molar-refractivity contribution in [1.82, 2.24) is 9.97 Å². The van der Waals surface area contributed by atoms with Gasteiger partial charge in [0.05, 0.1) is 0 Å². The predicted molar refractivity (Wildman–Crippen MR) is 78.6 cm³/mol. The molecular formula is C13H22N4S. The monoisotopic (exact) mass is 266 g/mol. The lowest BCUT2D eigenvalue weighted by molar-refractivity contribution is 0.720.